The lowest BCUT2D eigenvalue weighted by atomic mass is 10.1. The van der Waals surface area contributed by atoms with Crippen LogP contribution in [0.3, 0.4) is 0 Å². The van der Waals surface area contributed by atoms with E-state index < -0.39 is 0 Å². The first-order chi connectivity index (χ1) is 8.49. The Morgan fingerprint density at radius 1 is 1.44 bits per heavy atom. The number of halogens is 2. The molecule has 18 heavy (non-hydrogen) atoms. The van der Waals surface area contributed by atoms with Gasteiger partial charge in [-0.1, -0.05) is 11.6 Å². The van der Waals surface area contributed by atoms with Gasteiger partial charge in [-0.05, 0) is 25.1 Å². The first-order valence-corrected chi connectivity index (χ1v) is 6.34. The maximum atomic E-state index is 13.8. The van der Waals surface area contributed by atoms with Crippen molar-refractivity contribution in [2.75, 3.05) is 24.5 Å². The number of anilines is 1. The molecule has 1 fully saturated rings. The van der Waals surface area contributed by atoms with Crippen molar-refractivity contribution in [2.24, 2.45) is 0 Å². The summed E-state index contributed by atoms with van der Waals surface area (Å²) in [6.07, 6.45) is 0. The number of nitrogens with zero attached hydrogens (tertiary/aromatic N) is 2. The first-order valence-electron chi connectivity index (χ1n) is 5.96. The van der Waals surface area contributed by atoms with Gasteiger partial charge in [-0.2, -0.15) is 0 Å². The molecule has 0 aromatic heterocycles. The Bertz CT molecular complexity index is 466. The van der Waals surface area contributed by atoms with Crippen molar-refractivity contribution < 1.29 is 9.18 Å². The molecule has 1 atom stereocenters. The van der Waals surface area contributed by atoms with E-state index in [2.05, 4.69) is 0 Å². The van der Waals surface area contributed by atoms with Crippen molar-refractivity contribution in [1.82, 2.24) is 4.90 Å². The van der Waals surface area contributed by atoms with E-state index in [0.29, 0.717) is 30.3 Å². The number of hydrogen-bond acceptors (Lipinski definition) is 2. The highest BCUT2D eigenvalue weighted by Crippen LogP contribution is 2.25. The van der Waals surface area contributed by atoms with Gasteiger partial charge in [0, 0.05) is 37.6 Å². The standard InChI is InChI=1S/C13H16ClFN2O/c1-9-8-16(5-6-17(9)10(2)18)13-4-3-11(14)7-12(13)15/h3-4,7,9H,5-6,8H2,1-2H3. The van der Waals surface area contributed by atoms with Crippen LogP contribution in [0.15, 0.2) is 18.2 Å². The summed E-state index contributed by atoms with van der Waals surface area (Å²) in [7, 11) is 0. The largest absolute Gasteiger partial charge is 0.365 e. The highest BCUT2D eigenvalue weighted by Gasteiger charge is 2.26. The molecule has 0 bridgehead atoms. The number of rotatable bonds is 1. The molecule has 1 heterocycles. The van der Waals surface area contributed by atoms with Gasteiger partial charge in [-0.25, -0.2) is 4.39 Å². The summed E-state index contributed by atoms with van der Waals surface area (Å²) in [4.78, 5) is 15.1. The smallest absolute Gasteiger partial charge is 0.219 e. The monoisotopic (exact) mass is 270 g/mol. The van der Waals surface area contributed by atoms with E-state index in [1.165, 1.54) is 6.07 Å². The molecule has 1 aromatic carbocycles. The molecule has 2 rings (SSSR count). The second kappa shape index (κ2) is 5.14. The molecule has 98 valence electrons. The van der Waals surface area contributed by atoms with Crippen molar-refractivity contribution in [2.45, 2.75) is 19.9 Å². The molecule has 1 saturated heterocycles. The molecule has 1 aromatic rings. The minimum Gasteiger partial charge on any atom is -0.365 e. The fraction of sp³-hybridized carbons (Fsp3) is 0.462. The third-order valence-corrected chi connectivity index (χ3v) is 3.52. The van der Waals surface area contributed by atoms with Gasteiger partial charge < -0.3 is 9.80 Å². The molecule has 1 amide bonds. The van der Waals surface area contributed by atoms with E-state index in [1.807, 2.05) is 16.7 Å². The number of benzene rings is 1. The molecule has 3 nitrogen and oxygen atoms in total. The number of piperazine rings is 1. The third-order valence-electron chi connectivity index (χ3n) is 3.28. The van der Waals surface area contributed by atoms with Crippen molar-refractivity contribution in [3.05, 3.63) is 29.0 Å². The predicted molar refractivity (Wildman–Crippen MR) is 70.5 cm³/mol. The molecular formula is C13H16ClFN2O. The van der Waals surface area contributed by atoms with E-state index >= 15 is 0 Å². The van der Waals surface area contributed by atoms with Gasteiger partial charge in [0.15, 0.2) is 0 Å². The second-order valence-electron chi connectivity index (χ2n) is 4.60. The fourth-order valence-corrected chi connectivity index (χ4v) is 2.54. The zero-order valence-corrected chi connectivity index (χ0v) is 11.2. The molecule has 5 heteroatoms. The van der Waals surface area contributed by atoms with Crippen LogP contribution in [-0.2, 0) is 4.79 Å². The number of carbonyl (C=O) groups is 1. The summed E-state index contributed by atoms with van der Waals surface area (Å²) < 4.78 is 13.8. The summed E-state index contributed by atoms with van der Waals surface area (Å²) in [5, 5.41) is 0.395. The molecule has 0 N–H and O–H groups in total. The quantitative estimate of drug-likeness (QED) is 0.783. The van der Waals surface area contributed by atoms with Gasteiger partial charge >= 0.3 is 0 Å². The van der Waals surface area contributed by atoms with Gasteiger partial charge in [-0.3, -0.25) is 4.79 Å². The zero-order valence-electron chi connectivity index (χ0n) is 10.5. The summed E-state index contributed by atoms with van der Waals surface area (Å²) in [6.45, 7) is 5.44. The number of amides is 1. The lowest BCUT2D eigenvalue weighted by Gasteiger charge is -2.40. The van der Waals surface area contributed by atoms with E-state index in [0.717, 1.165) is 0 Å². The Hall–Kier alpha value is -1.29. The predicted octanol–water partition coefficient (Wildman–Crippen LogP) is 2.54. The van der Waals surface area contributed by atoms with Crippen LogP contribution in [-0.4, -0.2) is 36.5 Å². The molecule has 1 unspecified atom stereocenters. The summed E-state index contributed by atoms with van der Waals surface area (Å²) in [5.74, 6) is -0.246. The van der Waals surface area contributed by atoms with Crippen LogP contribution in [0.2, 0.25) is 5.02 Å². The minimum absolute atomic E-state index is 0.0683. The van der Waals surface area contributed by atoms with Crippen LogP contribution in [0.4, 0.5) is 10.1 Å². The molecule has 0 radical (unpaired) electrons. The van der Waals surface area contributed by atoms with Crippen LogP contribution in [0.5, 0.6) is 0 Å². The van der Waals surface area contributed by atoms with Gasteiger partial charge in [0.2, 0.25) is 5.91 Å². The summed E-state index contributed by atoms with van der Waals surface area (Å²) in [5.41, 5.74) is 0.550. The number of carbonyl (C=O) groups excluding carboxylic acids is 1. The van der Waals surface area contributed by atoms with Gasteiger partial charge in [0.1, 0.15) is 5.82 Å². The number of hydrogen-bond donors (Lipinski definition) is 0. The zero-order chi connectivity index (χ0) is 13.3. The molecule has 0 spiro atoms. The average Bonchev–Trinajstić information content (AvgIpc) is 2.28. The van der Waals surface area contributed by atoms with Gasteiger partial charge in [0.05, 0.1) is 5.69 Å². The first kappa shape index (κ1) is 13.1. The SMILES string of the molecule is CC(=O)N1CCN(c2ccc(Cl)cc2F)CC1C. The van der Waals surface area contributed by atoms with Crippen LogP contribution >= 0.6 is 11.6 Å². The lowest BCUT2D eigenvalue weighted by molar-refractivity contribution is -0.131. The van der Waals surface area contributed by atoms with Crippen molar-refractivity contribution in [3.63, 3.8) is 0 Å². The Morgan fingerprint density at radius 2 is 2.17 bits per heavy atom. The average molecular weight is 271 g/mol. The molecule has 0 saturated carbocycles. The topological polar surface area (TPSA) is 23.6 Å². The third kappa shape index (κ3) is 2.58. The second-order valence-corrected chi connectivity index (χ2v) is 5.04. The summed E-state index contributed by atoms with van der Waals surface area (Å²) >= 11 is 5.74. The Labute approximate surface area is 111 Å². The van der Waals surface area contributed by atoms with Crippen LogP contribution in [0.25, 0.3) is 0 Å². The normalized spacial score (nSPS) is 20.1. The van der Waals surface area contributed by atoms with Gasteiger partial charge in [-0.15, -0.1) is 0 Å². The van der Waals surface area contributed by atoms with Crippen LogP contribution < -0.4 is 4.90 Å². The van der Waals surface area contributed by atoms with Crippen molar-refractivity contribution in [1.29, 1.82) is 0 Å². The highest BCUT2D eigenvalue weighted by atomic mass is 35.5. The van der Waals surface area contributed by atoms with E-state index in [1.54, 1.807) is 19.1 Å². The summed E-state index contributed by atoms with van der Waals surface area (Å²) in [6, 6.07) is 4.78. The minimum atomic E-state index is -0.314. The maximum absolute atomic E-state index is 13.8. The Balaban J connectivity index is 2.15. The van der Waals surface area contributed by atoms with Crippen molar-refractivity contribution in [3.8, 4) is 0 Å². The fourth-order valence-electron chi connectivity index (χ4n) is 2.38. The van der Waals surface area contributed by atoms with E-state index in [4.69, 9.17) is 11.6 Å². The highest BCUT2D eigenvalue weighted by molar-refractivity contribution is 6.30. The van der Waals surface area contributed by atoms with Crippen LogP contribution in [0.1, 0.15) is 13.8 Å². The Kier molecular flexibility index (Phi) is 3.76. The Morgan fingerprint density at radius 3 is 2.72 bits per heavy atom. The van der Waals surface area contributed by atoms with Crippen LogP contribution in [0, 0.1) is 5.82 Å². The molecular weight excluding hydrogens is 255 g/mol. The molecule has 1 aliphatic rings. The molecule has 0 aliphatic carbocycles. The molecule has 1 aliphatic heterocycles. The maximum Gasteiger partial charge on any atom is 0.219 e. The van der Waals surface area contributed by atoms with E-state index in [-0.39, 0.29) is 17.8 Å². The lowest BCUT2D eigenvalue weighted by Crippen LogP contribution is -2.53. The van der Waals surface area contributed by atoms with Crippen molar-refractivity contribution >= 4 is 23.2 Å². The van der Waals surface area contributed by atoms with Gasteiger partial charge in [0.25, 0.3) is 0 Å². The van der Waals surface area contributed by atoms with E-state index in [9.17, 15) is 9.18 Å².